The van der Waals surface area contributed by atoms with Crippen LogP contribution in [0.2, 0.25) is 0 Å². The van der Waals surface area contributed by atoms with E-state index < -0.39 is 0 Å². The second kappa shape index (κ2) is 5.39. The molecule has 1 unspecified atom stereocenters. The molecule has 2 rings (SSSR count). The maximum atomic E-state index is 9.36. The van der Waals surface area contributed by atoms with E-state index in [0.29, 0.717) is 6.04 Å². The molecular weight excluding hydrogens is 222 g/mol. The van der Waals surface area contributed by atoms with Gasteiger partial charge in [0.25, 0.3) is 0 Å². The van der Waals surface area contributed by atoms with E-state index in [9.17, 15) is 5.26 Å². The molecule has 0 aromatic carbocycles. The Morgan fingerprint density at radius 1 is 1.33 bits per heavy atom. The third kappa shape index (κ3) is 2.48. The fraction of sp³-hybridized carbons (Fsp3) is 0.600. The molecule has 18 heavy (non-hydrogen) atoms. The van der Waals surface area contributed by atoms with Crippen molar-refractivity contribution in [2.75, 3.05) is 11.4 Å². The van der Waals surface area contributed by atoms with Crippen molar-refractivity contribution in [3.8, 4) is 6.07 Å². The van der Waals surface area contributed by atoms with Gasteiger partial charge in [0.15, 0.2) is 0 Å². The maximum absolute atomic E-state index is 9.36. The summed E-state index contributed by atoms with van der Waals surface area (Å²) in [7, 11) is 0. The third-order valence-electron chi connectivity index (χ3n) is 3.78. The first-order chi connectivity index (χ1) is 8.63. The predicted octanol–water partition coefficient (Wildman–Crippen LogP) is 3.34. The van der Waals surface area contributed by atoms with Gasteiger partial charge in [-0.15, -0.1) is 0 Å². The highest BCUT2D eigenvalue weighted by molar-refractivity contribution is 5.62. The molecule has 1 aliphatic heterocycles. The topological polar surface area (TPSA) is 39.9 Å². The lowest BCUT2D eigenvalue weighted by molar-refractivity contribution is 0.615. The number of hydrogen-bond acceptors (Lipinski definition) is 3. The van der Waals surface area contributed by atoms with Crippen molar-refractivity contribution in [1.29, 1.82) is 5.26 Å². The number of aryl methyl sites for hydroxylation is 2. The quantitative estimate of drug-likeness (QED) is 0.759. The summed E-state index contributed by atoms with van der Waals surface area (Å²) in [5.74, 6) is 0. The summed E-state index contributed by atoms with van der Waals surface area (Å²) in [4.78, 5) is 6.80. The number of aromatic nitrogens is 1. The molecule has 96 valence electrons. The molecule has 1 atom stereocenters. The first-order valence-corrected chi connectivity index (χ1v) is 6.78. The van der Waals surface area contributed by atoms with Gasteiger partial charge in [0.2, 0.25) is 0 Å². The Balaban J connectivity index is 2.45. The molecular formula is C15H21N3. The van der Waals surface area contributed by atoms with E-state index in [2.05, 4.69) is 28.9 Å². The van der Waals surface area contributed by atoms with E-state index >= 15 is 0 Å². The molecule has 0 bridgehead atoms. The van der Waals surface area contributed by atoms with Crippen LogP contribution in [0.25, 0.3) is 0 Å². The molecule has 1 fully saturated rings. The van der Waals surface area contributed by atoms with E-state index in [0.717, 1.165) is 29.2 Å². The Kier molecular flexibility index (Phi) is 3.86. The molecule has 3 heteroatoms. The van der Waals surface area contributed by atoms with Gasteiger partial charge in [0.1, 0.15) is 6.07 Å². The molecule has 0 spiro atoms. The minimum Gasteiger partial charge on any atom is -0.368 e. The van der Waals surface area contributed by atoms with Crippen molar-refractivity contribution < 1.29 is 0 Å². The molecule has 0 aliphatic carbocycles. The average molecular weight is 243 g/mol. The van der Waals surface area contributed by atoms with Gasteiger partial charge in [-0.3, -0.25) is 4.98 Å². The van der Waals surface area contributed by atoms with Crippen molar-refractivity contribution in [3.63, 3.8) is 0 Å². The van der Waals surface area contributed by atoms with Crippen LogP contribution in [0, 0.1) is 25.2 Å². The van der Waals surface area contributed by atoms with Crippen molar-refractivity contribution >= 4 is 5.69 Å². The van der Waals surface area contributed by atoms with Gasteiger partial charge in [-0.25, -0.2) is 0 Å². The molecule has 0 saturated carbocycles. The highest BCUT2D eigenvalue weighted by Crippen LogP contribution is 2.28. The van der Waals surface area contributed by atoms with Gasteiger partial charge in [-0.2, -0.15) is 5.26 Å². The normalized spacial score (nSPS) is 20.3. The Labute approximate surface area is 109 Å². The Bertz CT molecular complexity index is 473. The predicted molar refractivity (Wildman–Crippen MR) is 73.7 cm³/mol. The van der Waals surface area contributed by atoms with E-state index in [1.165, 1.54) is 25.7 Å². The second-order valence-electron chi connectivity index (χ2n) is 5.25. The van der Waals surface area contributed by atoms with Crippen LogP contribution in [-0.2, 0) is 0 Å². The van der Waals surface area contributed by atoms with Crippen LogP contribution >= 0.6 is 0 Å². The zero-order valence-corrected chi connectivity index (χ0v) is 11.5. The second-order valence-corrected chi connectivity index (χ2v) is 5.25. The standard InChI is InChI=1S/C15H21N3/c1-11-9-15(14(10-16)13(3)17-11)18-8-6-4-5-7-12(18)2/h9,12H,4-8H2,1-3H3. The highest BCUT2D eigenvalue weighted by atomic mass is 15.2. The SMILES string of the molecule is Cc1cc(N2CCCCCC2C)c(C#N)c(C)n1. The molecule has 1 saturated heterocycles. The summed E-state index contributed by atoms with van der Waals surface area (Å²) in [5, 5.41) is 9.36. The van der Waals surface area contributed by atoms with Crippen molar-refractivity contribution in [2.45, 2.75) is 52.5 Å². The fourth-order valence-electron chi connectivity index (χ4n) is 2.81. The maximum Gasteiger partial charge on any atom is 0.103 e. The molecule has 0 N–H and O–H groups in total. The first kappa shape index (κ1) is 12.9. The molecule has 1 aliphatic rings. The largest absolute Gasteiger partial charge is 0.368 e. The van der Waals surface area contributed by atoms with Crippen LogP contribution in [0.3, 0.4) is 0 Å². The monoisotopic (exact) mass is 243 g/mol. The number of nitriles is 1. The summed E-state index contributed by atoms with van der Waals surface area (Å²) in [6, 6.07) is 4.90. The number of pyridine rings is 1. The number of anilines is 1. The number of rotatable bonds is 1. The zero-order valence-electron chi connectivity index (χ0n) is 11.5. The Morgan fingerprint density at radius 3 is 2.83 bits per heavy atom. The van der Waals surface area contributed by atoms with E-state index in [1.807, 2.05) is 13.8 Å². The molecule has 2 heterocycles. The lowest BCUT2D eigenvalue weighted by Gasteiger charge is -2.30. The van der Waals surface area contributed by atoms with Gasteiger partial charge in [0.05, 0.1) is 16.9 Å². The third-order valence-corrected chi connectivity index (χ3v) is 3.78. The van der Waals surface area contributed by atoms with Crippen LogP contribution < -0.4 is 4.90 Å². The summed E-state index contributed by atoms with van der Waals surface area (Å²) < 4.78 is 0. The average Bonchev–Trinajstić information content (AvgIpc) is 2.53. The lowest BCUT2D eigenvalue weighted by atomic mass is 10.1. The highest BCUT2D eigenvalue weighted by Gasteiger charge is 2.21. The summed E-state index contributed by atoms with van der Waals surface area (Å²) in [5.41, 5.74) is 3.67. The van der Waals surface area contributed by atoms with Crippen molar-refractivity contribution in [3.05, 3.63) is 23.0 Å². The van der Waals surface area contributed by atoms with Gasteiger partial charge in [-0.05, 0) is 39.7 Å². The number of nitrogens with zero attached hydrogens (tertiary/aromatic N) is 3. The summed E-state index contributed by atoms with van der Waals surface area (Å²) >= 11 is 0. The van der Waals surface area contributed by atoms with Crippen molar-refractivity contribution in [2.24, 2.45) is 0 Å². The van der Waals surface area contributed by atoms with E-state index in [1.54, 1.807) is 0 Å². The zero-order chi connectivity index (χ0) is 13.1. The Hall–Kier alpha value is -1.56. The molecule has 3 nitrogen and oxygen atoms in total. The summed E-state index contributed by atoms with van der Waals surface area (Å²) in [6.45, 7) is 7.24. The fourth-order valence-corrected chi connectivity index (χ4v) is 2.81. The molecule has 1 aromatic rings. The first-order valence-electron chi connectivity index (χ1n) is 6.78. The minimum absolute atomic E-state index is 0.515. The molecule has 0 amide bonds. The van der Waals surface area contributed by atoms with Crippen molar-refractivity contribution in [1.82, 2.24) is 4.98 Å². The van der Waals surface area contributed by atoms with Gasteiger partial charge in [-0.1, -0.05) is 12.8 Å². The van der Waals surface area contributed by atoms with Crippen LogP contribution in [-0.4, -0.2) is 17.6 Å². The van der Waals surface area contributed by atoms with Crippen LogP contribution in [0.15, 0.2) is 6.07 Å². The minimum atomic E-state index is 0.515. The lowest BCUT2D eigenvalue weighted by Crippen LogP contribution is -2.33. The van der Waals surface area contributed by atoms with E-state index in [4.69, 9.17) is 0 Å². The van der Waals surface area contributed by atoms with Crippen LogP contribution in [0.1, 0.15) is 49.6 Å². The van der Waals surface area contributed by atoms with Gasteiger partial charge < -0.3 is 4.90 Å². The molecule has 1 aromatic heterocycles. The number of hydrogen-bond donors (Lipinski definition) is 0. The van der Waals surface area contributed by atoms with Crippen LogP contribution in [0.5, 0.6) is 0 Å². The smallest absolute Gasteiger partial charge is 0.103 e. The van der Waals surface area contributed by atoms with Crippen LogP contribution in [0.4, 0.5) is 5.69 Å². The summed E-state index contributed by atoms with van der Waals surface area (Å²) in [6.07, 6.45) is 5.02. The Morgan fingerprint density at radius 2 is 2.11 bits per heavy atom. The van der Waals surface area contributed by atoms with Gasteiger partial charge in [0, 0.05) is 18.3 Å². The van der Waals surface area contributed by atoms with E-state index in [-0.39, 0.29) is 0 Å². The molecule has 0 radical (unpaired) electrons. The van der Waals surface area contributed by atoms with Gasteiger partial charge >= 0.3 is 0 Å².